The lowest BCUT2D eigenvalue weighted by Crippen LogP contribution is -2.44. The number of aliphatic hydroxyl groups is 1. The SMILES string of the molecule is CCNC(=NCc1c(C)nn(CCOC)c1C)NCC(C)(O)c1ccccc1. The average Bonchev–Trinajstić information content (AvgIpc) is 2.96. The molecule has 1 unspecified atom stereocenters. The molecule has 0 saturated carbocycles. The Kier molecular flexibility index (Phi) is 8.02. The van der Waals surface area contributed by atoms with Gasteiger partial charge < -0.3 is 20.5 Å². The first-order valence-corrected chi connectivity index (χ1v) is 9.71. The standard InChI is InChI=1S/C21H33N5O2/c1-6-22-20(24-15-21(4,27)18-10-8-7-9-11-18)23-14-19-16(2)25-26(17(19)3)12-13-28-5/h7-11,27H,6,12-15H2,1-5H3,(H2,22,23,24). The van der Waals surface area contributed by atoms with E-state index in [1.54, 1.807) is 14.0 Å². The van der Waals surface area contributed by atoms with Gasteiger partial charge in [-0.2, -0.15) is 5.10 Å². The zero-order valence-electron chi connectivity index (χ0n) is 17.6. The fourth-order valence-corrected chi connectivity index (χ4v) is 3.01. The van der Waals surface area contributed by atoms with Gasteiger partial charge in [0.15, 0.2) is 5.96 Å². The van der Waals surface area contributed by atoms with E-state index in [1.165, 1.54) is 0 Å². The van der Waals surface area contributed by atoms with Crippen LogP contribution >= 0.6 is 0 Å². The number of hydrogen-bond acceptors (Lipinski definition) is 4. The van der Waals surface area contributed by atoms with E-state index >= 15 is 0 Å². The fraction of sp³-hybridized carbons (Fsp3) is 0.524. The van der Waals surface area contributed by atoms with Crippen LogP contribution in [0.25, 0.3) is 0 Å². The molecule has 0 radical (unpaired) electrons. The second kappa shape index (κ2) is 10.2. The predicted octanol–water partition coefficient (Wildman–Crippen LogP) is 2.11. The first-order valence-electron chi connectivity index (χ1n) is 9.71. The van der Waals surface area contributed by atoms with Crippen molar-refractivity contribution in [1.29, 1.82) is 0 Å². The minimum Gasteiger partial charge on any atom is -0.384 e. The van der Waals surface area contributed by atoms with Crippen molar-refractivity contribution in [3.8, 4) is 0 Å². The molecule has 0 aliphatic rings. The minimum atomic E-state index is -0.992. The smallest absolute Gasteiger partial charge is 0.191 e. The van der Waals surface area contributed by atoms with E-state index < -0.39 is 5.60 Å². The van der Waals surface area contributed by atoms with Crippen molar-refractivity contribution in [2.45, 2.75) is 46.4 Å². The third-order valence-corrected chi connectivity index (χ3v) is 4.77. The Morgan fingerprint density at radius 2 is 1.96 bits per heavy atom. The van der Waals surface area contributed by atoms with Crippen LogP contribution in [0.4, 0.5) is 0 Å². The van der Waals surface area contributed by atoms with Gasteiger partial charge in [0.1, 0.15) is 5.60 Å². The lowest BCUT2D eigenvalue weighted by molar-refractivity contribution is 0.0617. The summed E-state index contributed by atoms with van der Waals surface area (Å²) in [4.78, 5) is 4.69. The molecule has 1 aromatic carbocycles. The van der Waals surface area contributed by atoms with Crippen molar-refractivity contribution < 1.29 is 9.84 Å². The van der Waals surface area contributed by atoms with Gasteiger partial charge in [0.2, 0.25) is 0 Å². The molecule has 3 N–H and O–H groups in total. The predicted molar refractivity (Wildman–Crippen MR) is 112 cm³/mol. The number of hydrogen-bond donors (Lipinski definition) is 3. The van der Waals surface area contributed by atoms with E-state index in [2.05, 4.69) is 22.7 Å². The number of ether oxygens (including phenoxy) is 1. The highest BCUT2D eigenvalue weighted by Crippen LogP contribution is 2.19. The van der Waals surface area contributed by atoms with Gasteiger partial charge in [0.25, 0.3) is 0 Å². The highest BCUT2D eigenvalue weighted by atomic mass is 16.5. The Morgan fingerprint density at radius 1 is 1.25 bits per heavy atom. The van der Waals surface area contributed by atoms with Crippen LogP contribution in [-0.2, 0) is 23.4 Å². The second-order valence-electron chi connectivity index (χ2n) is 7.05. The molecule has 0 bridgehead atoms. The molecule has 7 heteroatoms. The van der Waals surface area contributed by atoms with E-state index in [0.717, 1.165) is 35.6 Å². The first kappa shape index (κ1) is 21.9. The van der Waals surface area contributed by atoms with Crippen LogP contribution in [0.15, 0.2) is 35.3 Å². The normalized spacial score (nSPS) is 14.0. The van der Waals surface area contributed by atoms with Gasteiger partial charge in [-0.25, -0.2) is 4.99 Å². The molecule has 7 nitrogen and oxygen atoms in total. The molecule has 2 aromatic rings. The molecule has 2 rings (SSSR count). The first-order chi connectivity index (χ1) is 13.4. The van der Waals surface area contributed by atoms with Crippen LogP contribution in [0.2, 0.25) is 0 Å². The fourth-order valence-electron chi connectivity index (χ4n) is 3.01. The molecule has 154 valence electrons. The number of aromatic nitrogens is 2. The van der Waals surface area contributed by atoms with Crippen molar-refractivity contribution in [1.82, 2.24) is 20.4 Å². The Labute approximate surface area is 167 Å². The third-order valence-electron chi connectivity index (χ3n) is 4.77. The molecule has 0 fully saturated rings. The van der Waals surface area contributed by atoms with E-state index in [9.17, 15) is 5.11 Å². The molecular weight excluding hydrogens is 354 g/mol. The largest absolute Gasteiger partial charge is 0.384 e. The van der Waals surface area contributed by atoms with Crippen molar-refractivity contribution >= 4 is 5.96 Å². The summed E-state index contributed by atoms with van der Waals surface area (Å²) in [5.41, 5.74) is 3.07. The van der Waals surface area contributed by atoms with E-state index in [0.29, 0.717) is 25.7 Å². The number of aliphatic imine (C=N–C) groups is 1. The number of nitrogens with zero attached hydrogens (tertiary/aromatic N) is 3. The summed E-state index contributed by atoms with van der Waals surface area (Å²) >= 11 is 0. The topological polar surface area (TPSA) is 83.7 Å². The van der Waals surface area contributed by atoms with Crippen LogP contribution < -0.4 is 10.6 Å². The highest BCUT2D eigenvalue weighted by molar-refractivity contribution is 5.79. The number of nitrogens with one attached hydrogen (secondary N) is 2. The van der Waals surface area contributed by atoms with Gasteiger partial charge in [0.05, 0.1) is 31.9 Å². The quantitative estimate of drug-likeness (QED) is 0.453. The molecule has 1 aromatic heterocycles. The maximum atomic E-state index is 10.8. The van der Waals surface area contributed by atoms with Crippen LogP contribution in [-0.4, -0.2) is 47.7 Å². The highest BCUT2D eigenvalue weighted by Gasteiger charge is 2.23. The molecule has 28 heavy (non-hydrogen) atoms. The van der Waals surface area contributed by atoms with Gasteiger partial charge in [-0.15, -0.1) is 0 Å². The van der Waals surface area contributed by atoms with Crippen LogP contribution in [0, 0.1) is 13.8 Å². The molecular formula is C21H33N5O2. The van der Waals surface area contributed by atoms with Gasteiger partial charge in [-0.3, -0.25) is 4.68 Å². The molecule has 0 aliphatic carbocycles. The Balaban J connectivity index is 2.07. The summed E-state index contributed by atoms with van der Waals surface area (Å²) in [5, 5.41) is 21.9. The van der Waals surface area contributed by atoms with Gasteiger partial charge >= 0.3 is 0 Å². The molecule has 1 atom stereocenters. The minimum absolute atomic E-state index is 0.355. The Bertz CT molecular complexity index is 769. The molecule has 0 saturated heterocycles. The molecule has 1 heterocycles. The second-order valence-corrected chi connectivity index (χ2v) is 7.05. The van der Waals surface area contributed by atoms with Crippen LogP contribution in [0.3, 0.4) is 0 Å². The van der Waals surface area contributed by atoms with Crippen molar-refractivity contribution in [3.05, 3.63) is 52.8 Å². The third kappa shape index (κ3) is 5.81. The van der Waals surface area contributed by atoms with E-state index in [1.807, 2.05) is 48.9 Å². The molecule has 0 spiro atoms. The average molecular weight is 388 g/mol. The van der Waals surface area contributed by atoms with Crippen molar-refractivity contribution in [2.75, 3.05) is 26.8 Å². The van der Waals surface area contributed by atoms with E-state index in [4.69, 9.17) is 9.73 Å². The zero-order valence-corrected chi connectivity index (χ0v) is 17.6. The van der Waals surface area contributed by atoms with Crippen molar-refractivity contribution in [3.63, 3.8) is 0 Å². The summed E-state index contributed by atoms with van der Waals surface area (Å²) < 4.78 is 7.11. The number of guanidine groups is 1. The Morgan fingerprint density at radius 3 is 2.61 bits per heavy atom. The van der Waals surface area contributed by atoms with Crippen LogP contribution in [0.5, 0.6) is 0 Å². The maximum absolute atomic E-state index is 10.8. The van der Waals surface area contributed by atoms with Crippen LogP contribution in [0.1, 0.15) is 36.4 Å². The van der Waals surface area contributed by atoms with Gasteiger partial charge in [-0.05, 0) is 33.3 Å². The number of methoxy groups -OCH3 is 1. The van der Waals surface area contributed by atoms with Crippen molar-refractivity contribution in [2.24, 2.45) is 4.99 Å². The lowest BCUT2D eigenvalue weighted by Gasteiger charge is -2.25. The number of rotatable bonds is 9. The van der Waals surface area contributed by atoms with E-state index in [-0.39, 0.29) is 0 Å². The van der Waals surface area contributed by atoms with Gasteiger partial charge in [-0.1, -0.05) is 30.3 Å². The summed E-state index contributed by atoms with van der Waals surface area (Å²) in [6.45, 7) is 10.8. The lowest BCUT2D eigenvalue weighted by atomic mass is 9.96. The number of aryl methyl sites for hydroxylation is 1. The van der Waals surface area contributed by atoms with Gasteiger partial charge in [0, 0.05) is 24.9 Å². The summed E-state index contributed by atoms with van der Waals surface area (Å²) in [6, 6.07) is 9.64. The molecule has 0 amide bonds. The molecule has 0 aliphatic heterocycles. The zero-order chi connectivity index (χ0) is 20.6. The summed E-state index contributed by atoms with van der Waals surface area (Å²) in [7, 11) is 1.69. The summed E-state index contributed by atoms with van der Waals surface area (Å²) in [6.07, 6.45) is 0. The maximum Gasteiger partial charge on any atom is 0.191 e. The summed E-state index contributed by atoms with van der Waals surface area (Å²) in [5.74, 6) is 0.669. The monoisotopic (exact) mass is 387 g/mol. The Hall–Kier alpha value is -2.38. The number of benzene rings is 1.